The number of rotatable bonds is 6. The summed E-state index contributed by atoms with van der Waals surface area (Å²) in [5, 5.41) is 1.00. The minimum Gasteiger partial charge on any atom is -0.461 e. The van der Waals surface area contributed by atoms with Gasteiger partial charge in [0.2, 0.25) is 0 Å². The number of esters is 1. The van der Waals surface area contributed by atoms with Crippen LogP contribution in [-0.2, 0) is 19.4 Å². The summed E-state index contributed by atoms with van der Waals surface area (Å²) in [6, 6.07) is 7.06. The summed E-state index contributed by atoms with van der Waals surface area (Å²) in [7, 11) is -3.10. The van der Waals surface area contributed by atoms with Crippen LogP contribution < -0.4 is 5.56 Å². The van der Waals surface area contributed by atoms with E-state index in [4.69, 9.17) is 4.74 Å². The predicted octanol–water partition coefficient (Wildman–Crippen LogP) is 2.19. The molecule has 1 aliphatic heterocycles. The van der Waals surface area contributed by atoms with Gasteiger partial charge in [0.05, 0.1) is 28.2 Å². The number of ether oxygens (including phenoxy) is 1. The summed E-state index contributed by atoms with van der Waals surface area (Å²) in [6.45, 7) is 3.92. The van der Waals surface area contributed by atoms with Gasteiger partial charge in [-0.2, -0.15) is 0 Å². The minimum absolute atomic E-state index is 0.0300. The van der Waals surface area contributed by atoms with Gasteiger partial charge < -0.3 is 4.74 Å². The summed E-state index contributed by atoms with van der Waals surface area (Å²) >= 11 is 1.14. The van der Waals surface area contributed by atoms with E-state index in [2.05, 4.69) is 4.98 Å². The van der Waals surface area contributed by atoms with Gasteiger partial charge in [0.15, 0.2) is 15.0 Å². The van der Waals surface area contributed by atoms with Gasteiger partial charge in [-0.05, 0) is 31.9 Å². The highest BCUT2D eigenvalue weighted by Crippen LogP contribution is 2.23. The van der Waals surface area contributed by atoms with Gasteiger partial charge in [0.25, 0.3) is 5.56 Å². The van der Waals surface area contributed by atoms with E-state index >= 15 is 0 Å². The second-order valence-electron chi connectivity index (χ2n) is 6.65. The average molecular weight is 411 g/mol. The van der Waals surface area contributed by atoms with Gasteiger partial charge >= 0.3 is 5.97 Å². The highest BCUT2D eigenvalue weighted by Gasteiger charge is 2.30. The molecule has 0 amide bonds. The lowest BCUT2D eigenvalue weighted by atomic mass is 10.2. The van der Waals surface area contributed by atoms with Crippen LogP contribution in [0.15, 0.2) is 34.2 Å². The van der Waals surface area contributed by atoms with Crippen LogP contribution in [0.4, 0.5) is 0 Å². The molecule has 7 nitrogen and oxygen atoms in total. The van der Waals surface area contributed by atoms with Crippen LogP contribution >= 0.6 is 11.8 Å². The number of carbonyl (C=O) groups is 1. The second-order valence-corrected chi connectivity index (χ2v) is 9.82. The Hall–Kier alpha value is -1.87. The van der Waals surface area contributed by atoms with E-state index < -0.39 is 21.9 Å². The van der Waals surface area contributed by atoms with E-state index in [0.717, 1.165) is 18.2 Å². The molecular weight excluding hydrogens is 388 g/mol. The maximum atomic E-state index is 12.9. The third-order valence-electron chi connectivity index (χ3n) is 4.61. The molecule has 146 valence electrons. The zero-order valence-electron chi connectivity index (χ0n) is 15.3. The number of nitrogens with zero attached hydrogens (tertiary/aromatic N) is 2. The summed E-state index contributed by atoms with van der Waals surface area (Å²) in [5.74, 6) is -0.592. The highest BCUT2D eigenvalue weighted by atomic mass is 32.2. The number of para-hydroxylation sites is 1. The van der Waals surface area contributed by atoms with Gasteiger partial charge in [-0.25, -0.2) is 13.4 Å². The Labute approximate surface area is 162 Å². The largest absolute Gasteiger partial charge is 0.461 e. The molecule has 1 saturated heterocycles. The van der Waals surface area contributed by atoms with Crippen molar-refractivity contribution in [2.75, 3.05) is 17.3 Å². The van der Waals surface area contributed by atoms with E-state index in [0.29, 0.717) is 22.5 Å². The maximum absolute atomic E-state index is 12.9. The van der Waals surface area contributed by atoms with Crippen LogP contribution in [0.3, 0.4) is 0 Å². The molecule has 0 unspecified atom stereocenters. The zero-order valence-corrected chi connectivity index (χ0v) is 16.9. The minimum atomic E-state index is -3.10. The van der Waals surface area contributed by atoms with E-state index in [1.54, 1.807) is 22.8 Å². The Balaban J connectivity index is 1.79. The lowest BCUT2D eigenvalue weighted by molar-refractivity contribution is -0.144. The lowest BCUT2D eigenvalue weighted by Gasteiger charge is -2.18. The quantitative estimate of drug-likeness (QED) is 0.409. The Kier molecular flexibility index (Phi) is 5.90. The van der Waals surface area contributed by atoms with Gasteiger partial charge in [-0.1, -0.05) is 30.8 Å². The van der Waals surface area contributed by atoms with Gasteiger partial charge in [0.1, 0.15) is 6.10 Å². The Bertz CT molecular complexity index is 1020. The van der Waals surface area contributed by atoms with Gasteiger partial charge in [0, 0.05) is 6.04 Å². The summed E-state index contributed by atoms with van der Waals surface area (Å²) in [4.78, 5) is 29.6. The third kappa shape index (κ3) is 4.52. The first-order chi connectivity index (χ1) is 12.8. The number of benzene rings is 1. The van der Waals surface area contributed by atoms with Crippen molar-refractivity contribution < 1.29 is 17.9 Å². The lowest BCUT2D eigenvalue weighted by Crippen LogP contribution is -2.27. The van der Waals surface area contributed by atoms with Crippen molar-refractivity contribution in [3.05, 3.63) is 34.6 Å². The van der Waals surface area contributed by atoms with Gasteiger partial charge in [-0.15, -0.1) is 0 Å². The third-order valence-corrected chi connectivity index (χ3v) is 7.28. The molecule has 0 N–H and O–H groups in total. The van der Waals surface area contributed by atoms with Crippen molar-refractivity contribution in [1.82, 2.24) is 9.55 Å². The number of fused-ring (bicyclic) bond motifs is 1. The van der Waals surface area contributed by atoms with Crippen molar-refractivity contribution in [3.8, 4) is 0 Å². The van der Waals surface area contributed by atoms with E-state index in [9.17, 15) is 18.0 Å². The summed E-state index contributed by atoms with van der Waals surface area (Å²) in [5.41, 5.74) is 0.451. The Morgan fingerprint density at radius 3 is 2.81 bits per heavy atom. The molecule has 0 bridgehead atoms. The first kappa shape index (κ1) is 19.9. The number of hydrogen-bond donors (Lipinski definition) is 0. The molecule has 9 heteroatoms. The van der Waals surface area contributed by atoms with Crippen LogP contribution in [0, 0.1) is 0 Å². The molecule has 0 spiro atoms. The molecule has 2 atom stereocenters. The fourth-order valence-electron chi connectivity index (χ4n) is 3.00. The maximum Gasteiger partial charge on any atom is 0.316 e. The second kappa shape index (κ2) is 8.02. The topological polar surface area (TPSA) is 95.3 Å². The Morgan fingerprint density at radius 1 is 1.41 bits per heavy atom. The van der Waals surface area contributed by atoms with Crippen LogP contribution in [0.2, 0.25) is 0 Å². The Morgan fingerprint density at radius 2 is 2.15 bits per heavy atom. The molecule has 0 saturated carbocycles. The predicted molar refractivity (Wildman–Crippen MR) is 105 cm³/mol. The molecule has 1 fully saturated rings. The van der Waals surface area contributed by atoms with Crippen LogP contribution in [0.1, 0.15) is 32.7 Å². The van der Waals surface area contributed by atoms with Crippen molar-refractivity contribution in [1.29, 1.82) is 0 Å². The summed E-state index contributed by atoms with van der Waals surface area (Å²) < 4.78 is 29.8. The first-order valence-electron chi connectivity index (χ1n) is 8.84. The van der Waals surface area contributed by atoms with Crippen LogP contribution in [0.25, 0.3) is 10.9 Å². The molecule has 0 radical (unpaired) electrons. The van der Waals surface area contributed by atoms with E-state index in [1.807, 2.05) is 19.9 Å². The number of sulfone groups is 1. The molecule has 1 aliphatic rings. The van der Waals surface area contributed by atoms with E-state index in [-0.39, 0.29) is 28.9 Å². The molecule has 2 aromatic rings. The summed E-state index contributed by atoms with van der Waals surface area (Å²) in [6.07, 6.45) is 0.506. The number of hydrogen-bond acceptors (Lipinski definition) is 7. The SMILES string of the molecule is CC[C@H](C)n1c(SCC(=O)O[C@H]2CCS(=O)(=O)C2)nc2ccccc2c1=O. The van der Waals surface area contributed by atoms with Crippen LogP contribution in [0.5, 0.6) is 0 Å². The number of aromatic nitrogens is 2. The molecule has 1 aromatic heterocycles. The zero-order chi connectivity index (χ0) is 19.6. The first-order valence-corrected chi connectivity index (χ1v) is 11.7. The number of carbonyl (C=O) groups excluding carboxylic acids is 1. The van der Waals surface area contributed by atoms with Crippen molar-refractivity contribution >= 4 is 38.5 Å². The monoisotopic (exact) mass is 410 g/mol. The van der Waals surface area contributed by atoms with Crippen LogP contribution in [-0.4, -0.2) is 47.3 Å². The molecule has 27 heavy (non-hydrogen) atoms. The molecule has 2 heterocycles. The highest BCUT2D eigenvalue weighted by molar-refractivity contribution is 7.99. The molecule has 0 aliphatic carbocycles. The molecular formula is C18H22N2O5S2. The van der Waals surface area contributed by atoms with E-state index in [1.165, 1.54) is 0 Å². The van der Waals surface area contributed by atoms with Crippen molar-refractivity contribution in [3.63, 3.8) is 0 Å². The average Bonchev–Trinajstić information content (AvgIpc) is 2.98. The number of thioether (sulfide) groups is 1. The van der Waals surface area contributed by atoms with Gasteiger partial charge in [-0.3, -0.25) is 14.2 Å². The molecule has 3 rings (SSSR count). The smallest absolute Gasteiger partial charge is 0.316 e. The fourth-order valence-corrected chi connectivity index (χ4v) is 5.47. The normalized spacial score (nSPS) is 19.9. The molecule has 1 aromatic carbocycles. The fraction of sp³-hybridized carbons (Fsp3) is 0.500. The van der Waals surface area contributed by atoms with Crippen molar-refractivity contribution in [2.24, 2.45) is 0 Å². The van der Waals surface area contributed by atoms with Crippen molar-refractivity contribution in [2.45, 2.75) is 44.0 Å². The standard InChI is InChI=1S/C18H22N2O5S2/c1-3-12(2)20-17(22)14-6-4-5-7-15(14)19-18(20)26-10-16(21)25-13-8-9-27(23,24)11-13/h4-7,12-13H,3,8-11H2,1-2H3/t12-,13-/m0/s1.